The number of likely N-dealkylation sites (tertiary alicyclic amines) is 1. The Morgan fingerprint density at radius 1 is 1.62 bits per heavy atom. The zero-order chi connectivity index (χ0) is 15.0. The zero-order valence-electron chi connectivity index (χ0n) is 11.6. The summed E-state index contributed by atoms with van der Waals surface area (Å²) in [4.78, 5) is 13.9. The molecule has 2 aromatic heterocycles. The van der Waals surface area contributed by atoms with Crippen molar-refractivity contribution >= 4 is 17.2 Å². The molecule has 3 heterocycles. The summed E-state index contributed by atoms with van der Waals surface area (Å²) in [5, 5.41) is 30.6. The molecule has 7 heteroatoms. The maximum atomic E-state index is 12.4. The van der Waals surface area contributed by atoms with Crippen LogP contribution < -0.4 is 0 Å². The number of rotatable bonds is 2. The summed E-state index contributed by atoms with van der Waals surface area (Å²) in [6.07, 6.45) is -0.583. The Bertz CT molecular complexity index is 636. The van der Waals surface area contributed by atoms with Crippen LogP contribution in [-0.2, 0) is 0 Å². The summed E-state index contributed by atoms with van der Waals surface area (Å²) >= 11 is 1.57. The van der Waals surface area contributed by atoms with Gasteiger partial charge in [-0.15, -0.1) is 0 Å². The number of carbonyl (C=O) groups is 1. The molecule has 2 aromatic rings. The Hall–Kier alpha value is -1.70. The maximum Gasteiger partial charge on any atom is 0.271 e. The highest BCUT2D eigenvalue weighted by Gasteiger charge is 2.38. The van der Waals surface area contributed by atoms with Gasteiger partial charge in [-0.05, 0) is 30.9 Å². The molecule has 1 saturated heterocycles. The molecule has 0 radical (unpaired) electrons. The highest BCUT2D eigenvalue weighted by Crippen LogP contribution is 2.24. The van der Waals surface area contributed by atoms with Crippen LogP contribution in [0.4, 0.5) is 0 Å². The van der Waals surface area contributed by atoms with Gasteiger partial charge in [0, 0.05) is 24.0 Å². The van der Waals surface area contributed by atoms with Gasteiger partial charge in [0.1, 0.15) is 5.69 Å². The van der Waals surface area contributed by atoms with E-state index in [2.05, 4.69) is 10.2 Å². The number of thiophene rings is 1. The SMILES string of the molecule is C[C@]1(O)CCN(C(=O)c2cc(-c3ccsc3)n[nH]2)C[C@@H]1O. The van der Waals surface area contributed by atoms with E-state index in [1.165, 1.54) is 4.90 Å². The Labute approximate surface area is 126 Å². The fraction of sp³-hybridized carbons (Fsp3) is 0.429. The molecule has 0 aromatic carbocycles. The molecule has 112 valence electrons. The van der Waals surface area contributed by atoms with Crippen LogP contribution in [0.25, 0.3) is 11.3 Å². The van der Waals surface area contributed by atoms with Crippen LogP contribution in [0.2, 0.25) is 0 Å². The molecule has 0 spiro atoms. The second kappa shape index (κ2) is 5.25. The number of β-amino-alcohol motifs (C(OH)–C–C–N with tert-alkyl or cyclic N) is 1. The number of piperidine rings is 1. The minimum absolute atomic E-state index is 0.124. The second-order valence-electron chi connectivity index (χ2n) is 5.55. The van der Waals surface area contributed by atoms with E-state index in [0.29, 0.717) is 18.7 Å². The van der Waals surface area contributed by atoms with Gasteiger partial charge in [0.05, 0.1) is 17.4 Å². The lowest BCUT2D eigenvalue weighted by Crippen LogP contribution is -2.55. The van der Waals surface area contributed by atoms with E-state index in [9.17, 15) is 15.0 Å². The van der Waals surface area contributed by atoms with Crippen molar-refractivity contribution in [3.63, 3.8) is 0 Å². The van der Waals surface area contributed by atoms with Crippen molar-refractivity contribution in [2.45, 2.75) is 25.0 Å². The number of hydrogen-bond donors (Lipinski definition) is 3. The summed E-state index contributed by atoms with van der Waals surface area (Å²) in [6.45, 7) is 2.12. The summed E-state index contributed by atoms with van der Waals surface area (Å²) in [5.74, 6) is -0.210. The minimum Gasteiger partial charge on any atom is -0.388 e. The molecule has 6 nitrogen and oxygen atoms in total. The van der Waals surface area contributed by atoms with Gasteiger partial charge >= 0.3 is 0 Å². The normalized spacial score (nSPS) is 26.0. The van der Waals surface area contributed by atoms with Crippen molar-refractivity contribution < 1.29 is 15.0 Å². The Balaban J connectivity index is 1.74. The van der Waals surface area contributed by atoms with E-state index in [1.807, 2.05) is 16.8 Å². The van der Waals surface area contributed by atoms with Crippen molar-refractivity contribution in [1.82, 2.24) is 15.1 Å². The predicted octanol–water partition coefficient (Wildman–Crippen LogP) is 1.10. The van der Waals surface area contributed by atoms with Gasteiger partial charge in [0.25, 0.3) is 5.91 Å². The van der Waals surface area contributed by atoms with Gasteiger partial charge in [0.2, 0.25) is 0 Å². The molecule has 0 bridgehead atoms. The lowest BCUT2D eigenvalue weighted by Gasteiger charge is -2.39. The first kappa shape index (κ1) is 14.2. The molecule has 0 unspecified atom stereocenters. The molecule has 3 N–H and O–H groups in total. The highest BCUT2D eigenvalue weighted by molar-refractivity contribution is 7.08. The summed E-state index contributed by atoms with van der Waals surface area (Å²) in [6, 6.07) is 3.65. The molecule has 1 amide bonds. The fourth-order valence-electron chi connectivity index (χ4n) is 2.37. The lowest BCUT2D eigenvalue weighted by molar-refractivity contribution is -0.0999. The van der Waals surface area contributed by atoms with Crippen LogP contribution in [-0.4, -0.2) is 56.0 Å². The topological polar surface area (TPSA) is 89.5 Å². The van der Waals surface area contributed by atoms with Crippen LogP contribution >= 0.6 is 11.3 Å². The number of aliphatic hydroxyl groups is 2. The number of amides is 1. The van der Waals surface area contributed by atoms with E-state index in [-0.39, 0.29) is 12.5 Å². The smallest absolute Gasteiger partial charge is 0.271 e. The van der Waals surface area contributed by atoms with Crippen molar-refractivity contribution in [3.8, 4) is 11.3 Å². The molecule has 1 aliphatic heterocycles. The first-order chi connectivity index (χ1) is 9.97. The monoisotopic (exact) mass is 307 g/mol. The molecule has 21 heavy (non-hydrogen) atoms. The van der Waals surface area contributed by atoms with Crippen molar-refractivity contribution in [3.05, 3.63) is 28.6 Å². The van der Waals surface area contributed by atoms with Gasteiger partial charge in [-0.1, -0.05) is 0 Å². The van der Waals surface area contributed by atoms with Crippen LogP contribution in [0.5, 0.6) is 0 Å². The third-order valence-corrected chi connectivity index (χ3v) is 4.59. The number of aliphatic hydroxyl groups excluding tert-OH is 1. The summed E-state index contributed by atoms with van der Waals surface area (Å²) in [5.41, 5.74) is 0.957. The number of aromatic nitrogens is 2. The summed E-state index contributed by atoms with van der Waals surface area (Å²) in [7, 11) is 0. The molecular weight excluding hydrogens is 290 g/mol. The van der Waals surface area contributed by atoms with Crippen molar-refractivity contribution in [2.75, 3.05) is 13.1 Å². The van der Waals surface area contributed by atoms with E-state index in [0.717, 1.165) is 11.3 Å². The Morgan fingerprint density at radius 2 is 2.43 bits per heavy atom. The third-order valence-electron chi connectivity index (χ3n) is 3.91. The maximum absolute atomic E-state index is 12.4. The van der Waals surface area contributed by atoms with Crippen LogP contribution in [0.1, 0.15) is 23.8 Å². The molecular formula is C14H17N3O3S. The van der Waals surface area contributed by atoms with Gasteiger partial charge < -0.3 is 15.1 Å². The molecule has 1 fully saturated rings. The van der Waals surface area contributed by atoms with E-state index in [1.54, 1.807) is 24.3 Å². The first-order valence-corrected chi connectivity index (χ1v) is 7.69. The highest BCUT2D eigenvalue weighted by atomic mass is 32.1. The fourth-order valence-corrected chi connectivity index (χ4v) is 3.02. The largest absolute Gasteiger partial charge is 0.388 e. The number of H-pyrrole nitrogens is 1. The third kappa shape index (κ3) is 2.72. The van der Waals surface area contributed by atoms with Gasteiger partial charge in [-0.2, -0.15) is 16.4 Å². The molecule has 0 saturated carbocycles. The van der Waals surface area contributed by atoms with Gasteiger partial charge in [-0.3, -0.25) is 9.89 Å². The first-order valence-electron chi connectivity index (χ1n) is 6.75. The quantitative estimate of drug-likeness (QED) is 0.775. The van der Waals surface area contributed by atoms with Crippen LogP contribution in [0, 0.1) is 0 Å². The molecule has 3 rings (SSSR count). The second-order valence-corrected chi connectivity index (χ2v) is 6.33. The number of aromatic amines is 1. The van der Waals surface area contributed by atoms with E-state index >= 15 is 0 Å². The zero-order valence-corrected chi connectivity index (χ0v) is 12.4. The van der Waals surface area contributed by atoms with E-state index in [4.69, 9.17) is 0 Å². The summed E-state index contributed by atoms with van der Waals surface area (Å²) < 4.78 is 0. The average Bonchev–Trinajstić information content (AvgIpc) is 3.10. The lowest BCUT2D eigenvalue weighted by atomic mass is 9.90. The number of hydrogen-bond acceptors (Lipinski definition) is 5. The minimum atomic E-state index is -1.13. The Kier molecular flexibility index (Phi) is 3.56. The average molecular weight is 307 g/mol. The van der Waals surface area contributed by atoms with Crippen molar-refractivity contribution in [2.24, 2.45) is 0 Å². The Morgan fingerprint density at radius 3 is 3.10 bits per heavy atom. The molecule has 2 atom stereocenters. The standard InChI is InChI=1S/C14H17N3O3S/c1-14(20)3-4-17(7-12(14)18)13(19)11-6-10(15-16-11)9-2-5-21-8-9/h2,5-6,8,12,18,20H,3-4,7H2,1H3,(H,15,16)/t12-,14-/m0/s1. The van der Waals surface area contributed by atoms with Crippen LogP contribution in [0.15, 0.2) is 22.9 Å². The molecule has 1 aliphatic rings. The predicted molar refractivity (Wildman–Crippen MR) is 79.1 cm³/mol. The van der Waals surface area contributed by atoms with Crippen molar-refractivity contribution in [1.29, 1.82) is 0 Å². The number of nitrogens with zero attached hydrogens (tertiary/aromatic N) is 2. The van der Waals surface area contributed by atoms with Crippen LogP contribution in [0.3, 0.4) is 0 Å². The van der Waals surface area contributed by atoms with E-state index < -0.39 is 11.7 Å². The number of nitrogens with one attached hydrogen (secondary N) is 1. The van der Waals surface area contributed by atoms with Gasteiger partial charge in [-0.25, -0.2) is 0 Å². The van der Waals surface area contributed by atoms with Gasteiger partial charge in [0.15, 0.2) is 0 Å². The number of carbonyl (C=O) groups excluding carboxylic acids is 1. The molecule has 0 aliphatic carbocycles.